The summed E-state index contributed by atoms with van der Waals surface area (Å²) in [6, 6.07) is 12.5. The molecule has 0 aliphatic carbocycles. The quantitative estimate of drug-likeness (QED) is 0.735. The van der Waals surface area contributed by atoms with Gasteiger partial charge in [0.05, 0.1) is 11.6 Å². The topological polar surface area (TPSA) is 37.3 Å². The largest absolute Gasteiger partial charge is 0.353 e. The lowest BCUT2D eigenvalue weighted by atomic mass is 10.1. The molecule has 0 radical (unpaired) electrons. The van der Waals surface area contributed by atoms with E-state index in [9.17, 15) is 13.6 Å². The lowest BCUT2D eigenvalue weighted by Crippen LogP contribution is -2.36. The number of nitrogens with one attached hydrogen (secondary N) is 1. The number of halogens is 2. The van der Waals surface area contributed by atoms with Gasteiger partial charge in [0, 0.05) is 12.7 Å². The van der Waals surface area contributed by atoms with Crippen molar-refractivity contribution < 1.29 is 13.6 Å². The highest BCUT2D eigenvalue weighted by Gasteiger charge is 2.16. The molecule has 6 heteroatoms. The first-order chi connectivity index (χ1) is 12.4. The maximum absolute atomic E-state index is 13.4. The van der Waals surface area contributed by atoms with Gasteiger partial charge in [-0.05, 0) is 61.4 Å². The fourth-order valence-corrected chi connectivity index (χ4v) is 3.00. The molecule has 1 aromatic heterocycles. The first-order valence-corrected chi connectivity index (χ1v) is 8.37. The van der Waals surface area contributed by atoms with Gasteiger partial charge in [-0.3, -0.25) is 4.79 Å². The van der Waals surface area contributed by atoms with Gasteiger partial charge < -0.3 is 14.8 Å². The van der Waals surface area contributed by atoms with E-state index in [0.717, 1.165) is 10.9 Å². The molecule has 3 aromatic rings. The Morgan fingerprint density at radius 1 is 1.08 bits per heavy atom. The van der Waals surface area contributed by atoms with Gasteiger partial charge in [-0.25, -0.2) is 8.78 Å². The summed E-state index contributed by atoms with van der Waals surface area (Å²) in [5.41, 5.74) is 1.60. The average molecular weight is 357 g/mol. The standard InChI is InChI=1S/C20H21F2N3O/c1-24(2)19(14-3-6-16(21)7-4-14)12-23-20(26)13-25-10-9-15-5-8-17(22)11-18(15)25/h3-11,19H,12-13H2,1-2H3,(H,23,26). The van der Waals surface area contributed by atoms with Crippen molar-refractivity contribution in [2.24, 2.45) is 0 Å². The second kappa shape index (κ2) is 7.66. The van der Waals surface area contributed by atoms with Crippen molar-refractivity contribution in [3.05, 3.63) is 71.9 Å². The zero-order valence-electron chi connectivity index (χ0n) is 14.7. The lowest BCUT2D eigenvalue weighted by Gasteiger charge is -2.25. The Hall–Kier alpha value is -2.73. The molecular formula is C20H21F2N3O. The van der Waals surface area contributed by atoms with Crippen LogP contribution in [0.1, 0.15) is 11.6 Å². The summed E-state index contributed by atoms with van der Waals surface area (Å²) in [6.07, 6.45) is 1.77. The Morgan fingerprint density at radius 3 is 2.46 bits per heavy atom. The molecule has 3 rings (SSSR count). The van der Waals surface area contributed by atoms with Crippen LogP contribution in [0, 0.1) is 11.6 Å². The van der Waals surface area contributed by atoms with Crippen LogP contribution >= 0.6 is 0 Å². The minimum atomic E-state index is -0.332. The van der Waals surface area contributed by atoms with E-state index in [1.54, 1.807) is 29.0 Å². The van der Waals surface area contributed by atoms with Crippen molar-refractivity contribution in [3.63, 3.8) is 0 Å². The van der Waals surface area contributed by atoms with Crippen molar-refractivity contribution in [1.82, 2.24) is 14.8 Å². The fraction of sp³-hybridized carbons (Fsp3) is 0.250. The molecule has 1 atom stereocenters. The number of carbonyl (C=O) groups excluding carboxylic acids is 1. The molecule has 1 heterocycles. The highest BCUT2D eigenvalue weighted by molar-refractivity contribution is 5.83. The third kappa shape index (κ3) is 4.08. The highest BCUT2D eigenvalue weighted by atomic mass is 19.1. The van der Waals surface area contributed by atoms with Crippen molar-refractivity contribution in [2.75, 3.05) is 20.6 Å². The maximum atomic E-state index is 13.4. The predicted octanol–water partition coefficient (Wildman–Crippen LogP) is 3.34. The summed E-state index contributed by atoms with van der Waals surface area (Å²) >= 11 is 0. The Bertz CT molecular complexity index is 903. The number of benzene rings is 2. The molecule has 1 N–H and O–H groups in total. The summed E-state index contributed by atoms with van der Waals surface area (Å²) in [4.78, 5) is 14.3. The second-order valence-corrected chi connectivity index (χ2v) is 6.48. The summed E-state index contributed by atoms with van der Waals surface area (Å²) < 4.78 is 28.3. The van der Waals surface area contributed by atoms with E-state index in [1.807, 2.05) is 25.1 Å². The van der Waals surface area contributed by atoms with Crippen LogP contribution in [-0.2, 0) is 11.3 Å². The summed E-state index contributed by atoms with van der Waals surface area (Å²) in [5, 5.41) is 3.79. The van der Waals surface area contributed by atoms with Gasteiger partial charge in [-0.15, -0.1) is 0 Å². The molecule has 0 saturated heterocycles. The van der Waals surface area contributed by atoms with E-state index in [2.05, 4.69) is 5.32 Å². The van der Waals surface area contributed by atoms with Gasteiger partial charge >= 0.3 is 0 Å². The van der Waals surface area contributed by atoms with Gasteiger partial charge in [0.1, 0.15) is 18.2 Å². The molecule has 1 unspecified atom stereocenters. The van der Waals surface area contributed by atoms with E-state index in [4.69, 9.17) is 0 Å². The van der Waals surface area contributed by atoms with Crippen LogP contribution < -0.4 is 5.32 Å². The van der Waals surface area contributed by atoms with Gasteiger partial charge in [0.15, 0.2) is 0 Å². The first kappa shape index (κ1) is 18.1. The summed E-state index contributed by atoms with van der Waals surface area (Å²) in [6.45, 7) is 0.502. The van der Waals surface area contributed by atoms with Crippen LogP contribution in [0.15, 0.2) is 54.7 Å². The summed E-state index contributed by atoms with van der Waals surface area (Å²) in [7, 11) is 3.81. The lowest BCUT2D eigenvalue weighted by molar-refractivity contribution is -0.121. The third-order valence-electron chi connectivity index (χ3n) is 4.42. The Labute approximate surface area is 151 Å². The number of rotatable bonds is 6. The maximum Gasteiger partial charge on any atom is 0.240 e. The zero-order chi connectivity index (χ0) is 18.7. The van der Waals surface area contributed by atoms with Crippen molar-refractivity contribution in [3.8, 4) is 0 Å². The van der Waals surface area contributed by atoms with Crippen LogP contribution in [0.5, 0.6) is 0 Å². The van der Waals surface area contributed by atoms with Crippen LogP contribution in [-0.4, -0.2) is 36.0 Å². The Morgan fingerprint density at radius 2 is 1.77 bits per heavy atom. The molecular weight excluding hydrogens is 336 g/mol. The predicted molar refractivity (Wildman–Crippen MR) is 97.7 cm³/mol. The molecule has 136 valence electrons. The molecule has 0 bridgehead atoms. The molecule has 0 aliphatic rings. The van der Waals surface area contributed by atoms with Crippen LogP contribution in [0.4, 0.5) is 8.78 Å². The molecule has 0 fully saturated rings. The average Bonchev–Trinajstić information content (AvgIpc) is 2.98. The summed E-state index contributed by atoms with van der Waals surface area (Å²) in [5.74, 6) is -0.787. The fourth-order valence-electron chi connectivity index (χ4n) is 3.00. The van der Waals surface area contributed by atoms with Crippen LogP contribution in [0.3, 0.4) is 0 Å². The second-order valence-electron chi connectivity index (χ2n) is 6.48. The molecule has 26 heavy (non-hydrogen) atoms. The Kier molecular flexibility index (Phi) is 5.32. The number of carbonyl (C=O) groups is 1. The van der Waals surface area contributed by atoms with Gasteiger partial charge in [0.2, 0.25) is 5.91 Å². The minimum absolute atomic E-state index is 0.0709. The van der Waals surface area contributed by atoms with E-state index < -0.39 is 0 Å². The number of fused-ring (bicyclic) bond motifs is 1. The first-order valence-electron chi connectivity index (χ1n) is 8.37. The molecule has 2 aromatic carbocycles. The number of hydrogen-bond acceptors (Lipinski definition) is 2. The van der Waals surface area contributed by atoms with Crippen molar-refractivity contribution in [1.29, 1.82) is 0 Å². The molecule has 0 aliphatic heterocycles. The number of aromatic nitrogens is 1. The third-order valence-corrected chi connectivity index (χ3v) is 4.42. The molecule has 0 saturated carbocycles. The van der Waals surface area contributed by atoms with E-state index in [1.165, 1.54) is 24.3 Å². The van der Waals surface area contributed by atoms with Gasteiger partial charge in [0.25, 0.3) is 0 Å². The monoisotopic (exact) mass is 357 g/mol. The highest BCUT2D eigenvalue weighted by Crippen LogP contribution is 2.19. The number of nitrogens with zero attached hydrogens (tertiary/aromatic N) is 2. The number of likely N-dealkylation sites (N-methyl/N-ethyl adjacent to an activating group) is 1. The zero-order valence-corrected chi connectivity index (χ0v) is 14.7. The smallest absolute Gasteiger partial charge is 0.240 e. The van der Waals surface area contributed by atoms with E-state index in [-0.39, 0.29) is 30.1 Å². The van der Waals surface area contributed by atoms with E-state index >= 15 is 0 Å². The van der Waals surface area contributed by atoms with Gasteiger partial charge in [-0.2, -0.15) is 0 Å². The molecule has 1 amide bonds. The SMILES string of the molecule is CN(C)C(CNC(=O)Cn1ccc2ccc(F)cc21)c1ccc(F)cc1. The normalized spacial score (nSPS) is 12.5. The Balaban J connectivity index is 1.66. The molecule has 4 nitrogen and oxygen atoms in total. The van der Waals surface area contributed by atoms with Crippen molar-refractivity contribution in [2.45, 2.75) is 12.6 Å². The minimum Gasteiger partial charge on any atom is -0.353 e. The van der Waals surface area contributed by atoms with Crippen molar-refractivity contribution >= 4 is 16.8 Å². The van der Waals surface area contributed by atoms with Gasteiger partial charge in [-0.1, -0.05) is 12.1 Å². The van der Waals surface area contributed by atoms with Crippen LogP contribution in [0.2, 0.25) is 0 Å². The van der Waals surface area contributed by atoms with E-state index in [0.29, 0.717) is 12.1 Å². The molecule has 0 spiro atoms. The number of hydrogen-bond donors (Lipinski definition) is 1. The van der Waals surface area contributed by atoms with Crippen LogP contribution in [0.25, 0.3) is 10.9 Å². The number of amides is 1.